The molecule has 1 fully saturated rings. The van der Waals surface area contributed by atoms with Gasteiger partial charge in [0.05, 0.1) is 6.54 Å². The van der Waals surface area contributed by atoms with E-state index in [1.807, 2.05) is 6.92 Å². The van der Waals surface area contributed by atoms with Crippen molar-refractivity contribution in [1.82, 2.24) is 15.5 Å². The molecule has 5 nitrogen and oxygen atoms in total. The predicted molar refractivity (Wildman–Crippen MR) is 58.8 cm³/mol. The second-order valence-corrected chi connectivity index (χ2v) is 4.72. The van der Waals surface area contributed by atoms with Crippen LogP contribution in [0.2, 0.25) is 0 Å². The highest BCUT2D eigenvalue weighted by Gasteiger charge is 2.37. The Hall–Kier alpha value is -0.940. The molecule has 0 aromatic carbocycles. The second kappa shape index (κ2) is 4.51. The van der Waals surface area contributed by atoms with Crippen LogP contribution in [-0.2, 0) is 16.9 Å². The summed E-state index contributed by atoms with van der Waals surface area (Å²) in [6.45, 7) is 7.56. The normalized spacial score (nSPS) is 25.5. The maximum atomic E-state index is 5.65. The van der Waals surface area contributed by atoms with Gasteiger partial charge in [-0.2, -0.15) is 0 Å². The minimum Gasteiger partial charge on any atom is -0.421 e. The van der Waals surface area contributed by atoms with Gasteiger partial charge in [0.25, 0.3) is 0 Å². The van der Waals surface area contributed by atoms with E-state index in [1.165, 1.54) is 0 Å². The lowest BCUT2D eigenvalue weighted by atomic mass is 10.0. The molecule has 1 aliphatic heterocycles. The lowest BCUT2D eigenvalue weighted by Crippen LogP contribution is -2.22. The van der Waals surface area contributed by atoms with E-state index in [0.29, 0.717) is 24.4 Å². The van der Waals surface area contributed by atoms with Gasteiger partial charge in [-0.15, -0.1) is 10.2 Å². The van der Waals surface area contributed by atoms with E-state index in [9.17, 15) is 0 Å². The topological polar surface area (TPSA) is 60.2 Å². The van der Waals surface area contributed by atoms with Crippen molar-refractivity contribution in [2.45, 2.75) is 51.8 Å². The van der Waals surface area contributed by atoms with E-state index in [4.69, 9.17) is 9.15 Å². The van der Waals surface area contributed by atoms with Crippen LogP contribution in [0.5, 0.6) is 0 Å². The summed E-state index contributed by atoms with van der Waals surface area (Å²) in [7, 11) is 0. The fourth-order valence-electron chi connectivity index (χ4n) is 1.78. The first kappa shape index (κ1) is 11.5. The largest absolute Gasteiger partial charge is 0.421 e. The Bertz CT molecular complexity index is 343. The number of hydrogen-bond acceptors (Lipinski definition) is 5. The van der Waals surface area contributed by atoms with Gasteiger partial charge in [-0.3, -0.25) is 0 Å². The molecule has 2 rings (SSSR count). The molecule has 90 valence electrons. The van der Waals surface area contributed by atoms with Gasteiger partial charge in [-0.05, 0) is 19.8 Å². The maximum absolute atomic E-state index is 5.65. The Kier molecular flexibility index (Phi) is 3.25. The standard InChI is InChI=1S/C11H19N3O2/c1-8(2)12-7-9-13-14-10(16-9)11(3)5-4-6-15-11/h8,12H,4-7H2,1-3H3. The van der Waals surface area contributed by atoms with Crippen molar-refractivity contribution < 1.29 is 9.15 Å². The van der Waals surface area contributed by atoms with E-state index in [0.717, 1.165) is 19.4 Å². The zero-order valence-corrected chi connectivity index (χ0v) is 10.1. The highest BCUT2D eigenvalue weighted by Crippen LogP contribution is 2.34. The fraction of sp³-hybridized carbons (Fsp3) is 0.818. The summed E-state index contributed by atoms with van der Waals surface area (Å²) in [4.78, 5) is 0. The third-order valence-electron chi connectivity index (χ3n) is 2.80. The second-order valence-electron chi connectivity index (χ2n) is 4.72. The smallest absolute Gasteiger partial charge is 0.248 e. The van der Waals surface area contributed by atoms with Gasteiger partial charge in [-0.25, -0.2) is 0 Å². The average molecular weight is 225 g/mol. The monoisotopic (exact) mass is 225 g/mol. The van der Waals surface area contributed by atoms with Crippen LogP contribution < -0.4 is 5.32 Å². The van der Waals surface area contributed by atoms with Crippen LogP contribution in [-0.4, -0.2) is 22.8 Å². The molecule has 1 unspecified atom stereocenters. The Morgan fingerprint density at radius 1 is 1.44 bits per heavy atom. The van der Waals surface area contributed by atoms with Gasteiger partial charge < -0.3 is 14.5 Å². The molecule has 0 aliphatic carbocycles. The molecule has 0 spiro atoms. The molecule has 16 heavy (non-hydrogen) atoms. The van der Waals surface area contributed by atoms with Crippen LogP contribution in [0.1, 0.15) is 45.4 Å². The zero-order chi connectivity index (χ0) is 11.6. The van der Waals surface area contributed by atoms with Crippen molar-refractivity contribution in [2.24, 2.45) is 0 Å². The third-order valence-corrected chi connectivity index (χ3v) is 2.80. The molecule has 2 heterocycles. The van der Waals surface area contributed by atoms with Gasteiger partial charge in [0.2, 0.25) is 11.8 Å². The third kappa shape index (κ3) is 2.41. The highest BCUT2D eigenvalue weighted by atomic mass is 16.5. The van der Waals surface area contributed by atoms with Crippen LogP contribution in [0.3, 0.4) is 0 Å². The Morgan fingerprint density at radius 3 is 2.88 bits per heavy atom. The molecular formula is C11H19N3O2. The summed E-state index contributed by atoms with van der Waals surface area (Å²) in [6.07, 6.45) is 2.00. The minimum absolute atomic E-state index is 0.372. The molecule has 1 aromatic rings. The molecule has 1 aliphatic rings. The number of nitrogens with zero attached hydrogens (tertiary/aromatic N) is 2. The predicted octanol–water partition coefficient (Wildman–Crippen LogP) is 1.59. The summed E-state index contributed by atoms with van der Waals surface area (Å²) in [5.41, 5.74) is -0.372. The number of hydrogen-bond donors (Lipinski definition) is 1. The molecule has 1 atom stereocenters. The first-order chi connectivity index (χ1) is 7.60. The van der Waals surface area contributed by atoms with Crippen molar-refractivity contribution in [3.05, 3.63) is 11.8 Å². The minimum atomic E-state index is -0.372. The van der Waals surface area contributed by atoms with Crippen molar-refractivity contribution in [2.75, 3.05) is 6.61 Å². The maximum Gasteiger partial charge on any atom is 0.248 e. The summed E-state index contributed by atoms with van der Waals surface area (Å²) in [6, 6.07) is 0.411. The summed E-state index contributed by atoms with van der Waals surface area (Å²) in [5, 5.41) is 11.3. The summed E-state index contributed by atoms with van der Waals surface area (Å²) in [5.74, 6) is 1.23. The van der Waals surface area contributed by atoms with Gasteiger partial charge in [-0.1, -0.05) is 13.8 Å². The molecule has 0 saturated carbocycles. The molecule has 0 amide bonds. The van der Waals surface area contributed by atoms with Gasteiger partial charge in [0.1, 0.15) is 5.60 Å². The zero-order valence-electron chi connectivity index (χ0n) is 10.1. The van der Waals surface area contributed by atoms with Gasteiger partial charge in [0.15, 0.2) is 0 Å². The van der Waals surface area contributed by atoms with E-state index in [2.05, 4.69) is 29.4 Å². The molecule has 0 radical (unpaired) electrons. The molecule has 0 bridgehead atoms. The van der Waals surface area contributed by atoms with E-state index < -0.39 is 0 Å². The lowest BCUT2D eigenvalue weighted by molar-refractivity contribution is -0.00621. The number of ether oxygens (including phenoxy) is 1. The molecular weight excluding hydrogens is 206 g/mol. The highest BCUT2D eigenvalue weighted by molar-refractivity contribution is 4.98. The van der Waals surface area contributed by atoms with Gasteiger partial charge >= 0.3 is 0 Å². The van der Waals surface area contributed by atoms with Crippen LogP contribution >= 0.6 is 0 Å². The molecule has 5 heteroatoms. The Morgan fingerprint density at radius 2 is 2.25 bits per heavy atom. The number of aromatic nitrogens is 2. The average Bonchev–Trinajstić information content (AvgIpc) is 2.84. The van der Waals surface area contributed by atoms with Crippen LogP contribution in [0.15, 0.2) is 4.42 Å². The molecule has 1 N–H and O–H groups in total. The lowest BCUT2D eigenvalue weighted by Gasteiger charge is -2.17. The van der Waals surface area contributed by atoms with Crippen LogP contribution in [0, 0.1) is 0 Å². The summed E-state index contributed by atoms with van der Waals surface area (Å²) < 4.78 is 11.3. The Balaban J connectivity index is 2.01. The first-order valence-corrected chi connectivity index (χ1v) is 5.80. The quantitative estimate of drug-likeness (QED) is 0.843. The first-order valence-electron chi connectivity index (χ1n) is 5.80. The van der Waals surface area contributed by atoms with Crippen LogP contribution in [0.25, 0.3) is 0 Å². The van der Waals surface area contributed by atoms with Crippen molar-refractivity contribution in [1.29, 1.82) is 0 Å². The van der Waals surface area contributed by atoms with E-state index >= 15 is 0 Å². The van der Waals surface area contributed by atoms with Crippen LogP contribution in [0.4, 0.5) is 0 Å². The number of nitrogens with one attached hydrogen (secondary N) is 1. The van der Waals surface area contributed by atoms with Crippen molar-refractivity contribution >= 4 is 0 Å². The van der Waals surface area contributed by atoms with Crippen molar-refractivity contribution in [3.63, 3.8) is 0 Å². The SMILES string of the molecule is CC(C)NCc1nnc(C2(C)CCCO2)o1. The van der Waals surface area contributed by atoms with E-state index in [-0.39, 0.29) is 5.60 Å². The molecule has 1 saturated heterocycles. The Labute approximate surface area is 95.6 Å². The van der Waals surface area contributed by atoms with Crippen molar-refractivity contribution in [3.8, 4) is 0 Å². The fourth-order valence-corrected chi connectivity index (χ4v) is 1.78. The summed E-state index contributed by atoms with van der Waals surface area (Å²) >= 11 is 0. The molecule has 1 aromatic heterocycles. The van der Waals surface area contributed by atoms with Gasteiger partial charge in [0, 0.05) is 12.6 Å². The van der Waals surface area contributed by atoms with E-state index in [1.54, 1.807) is 0 Å². The number of rotatable bonds is 4.